The molecule has 1 aromatic heterocycles. The molecule has 2 heterocycles. The number of aromatic nitrogens is 2. The summed E-state index contributed by atoms with van der Waals surface area (Å²) in [7, 11) is 1.61. The molecule has 0 aliphatic carbocycles. The van der Waals surface area contributed by atoms with Crippen molar-refractivity contribution >= 4 is 23.5 Å². The minimum atomic E-state index is -0.335. The first-order valence-electron chi connectivity index (χ1n) is 6.58. The van der Waals surface area contributed by atoms with Crippen LogP contribution in [0.5, 0.6) is 0 Å². The number of fused-ring (bicyclic) bond motifs is 1. The van der Waals surface area contributed by atoms with E-state index in [0.29, 0.717) is 0 Å². The monoisotopic (exact) mass is 258 g/mol. The van der Waals surface area contributed by atoms with Gasteiger partial charge in [0.2, 0.25) is 0 Å². The molecule has 0 amide bonds. The molecule has 0 unspecified atom stereocenters. The molecule has 0 saturated carbocycles. The van der Waals surface area contributed by atoms with Crippen LogP contribution in [0.25, 0.3) is 10.9 Å². The molecule has 0 atom stereocenters. The molecule has 1 aliphatic heterocycles. The van der Waals surface area contributed by atoms with E-state index in [2.05, 4.69) is 38.9 Å². The van der Waals surface area contributed by atoms with Crippen molar-refractivity contribution in [3.63, 3.8) is 0 Å². The minimum Gasteiger partial charge on any atom is -0.399 e. The summed E-state index contributed by atoms with van der Waals surface area (Å²) in [5, 5.41) is 5.39. The van der Waals surface area contributed by atoms with Crippen LogP contribution in [0.4, 0.5) is 0 Å². The van der Waals surface area contributed by atoms with Crippen molar-refractivity contribution in [2.45, 2.75) is 38.9 Å². The highest BCUT2D eigenvalue weighted by Gasteiger charge is 2.52. The Bertz CT molecular complexity index is 617. The molecule has 0 N–H and O–H groups in total. The first kappa shape index (κ1) is 12.7. The van der Waals surface area contributed by atoms with Gasteiger partial charge in [-0.15, -0.1) is 0 Å². The summed E-state index contributed by atoms with van der Waals surface area (Å²) in [6.45, 7) is 8.26. The van der Waals surface area contributed by atoms with Crippen LogP contribution in [-0.2, 0) is 16.4 Å². The van der Waals surface area contributed by atoms with Crippen molar-refractivity contribution < 1.29 is 9.31 Å². The fourth-order valence-electron chi connectivity index (χ4n) is 2.38. The zero-order valence-electron chi connectivity index (χ0n) is 12.1. The topological polar surface area (TPSA) is 36.3 Å². The Morgan fingerprint density at radius 1 is 1.11 bits per heavy atom. The van der Waals surface area contributed by atoms with Crippen molar-refractivity contribution in [3.05, 3.63) is 24.4 Å². The highest BCUT2D eigenvalue weighted by molar-refractivity contribution is 6.65. The smallest absolute Gasteiger partial charge is 0.399 e. The number of benzene rings is 1. The number of hydrogen-bond donors (Lipinski definition) is 0. The van der Waals surface area contributed by atoms with Crippen molar-refractivity contribution in [2.75, 3.05) is 0 Å². The second-order valence-electron chi connectivity index (χ2n) is 6.14. The fourth-order valence-corrected chi connectivity index (χ4v) is 2.38. The molecule has 1 fully saturated rings. The van der Waals surface area contributed by atoms with Gasteiger partial charge >= 0.3 is 7.12 Å². The lowest BCUT2D eigenvalue weighted by Gasteiger charge is -2.32. The van der Waals surface area contributed by atoms with E-state index in [1.165, 1.54) is 0 Å². The molecular formula is C14H19BN2O2. The van der Waals surface area contributed by atoms with E-state index in [0.717, 1.165) is 16.4 Å². The van der Waals surface area contributed by atoms with Gasteiger partial charge in [-0.3, -0.25) is 4.68 Å². The molecule has 100 valence electrons. The highest BCUT2D eigenvalue weighted by Crippen LogP contribution is 2.36. The summed E-state index contributed by atoms with van der Waals surface area (Å²) in [6, 6.07) is 6.12. The van der Waals surface area contributed by atoms with Crippen molar-refractivity contribution in [3.8, 4) is 0 Å². The van der Waals surface area contributed by atoms with E-state index in [1.54, 1.807) is 0 Å². The number of hydrogen-bond acceptors (Lipinski definition) is 3. The van der Waals surface area contributed by atoms with Crippen LogP contribution in [-0.4, -0.2) is 28.1 Å². The Labute approximate surface area is 113 Å². The maximum Gasteiger partial charge on any atom is 0.495 e. The second kappa shape index (κ2) is 3.84. The molecular weight excluding hydrogens is 239 g/mol. The molecule has 1 aromatic carbocycles. The van der Waals surface area contributed by atoms with Gasteiger partial charge in [0.05, 0.1) is 22.9 Å². The van der Waals surface area contributed by atoms with Gasteiger partial charge in [-0.2, -0.15) is 5.10 Å². The molecule has 4 nitrogen and oxygen atoms in total. The van der Waals surface area contributed by atoms with E-state index in [4.69, 9.17) is 9.31 Å². The average molecular weight is 258 g/mol. The van der Waals surface area contributed by atoms with E-state index >= 15 is 0 Å². The first-order chi connectivity index (χ1) is 8.82. The van der Waals surface area contributed by atoms with Crippen molar-refractivity contribution in [2.24, 2.45) is 7.05 Å². The maximum atomic E-state index is 6.11. The van der Waals surface area contributed by atoms with Gasteiger partial charge in [-0.1, -0.05) is 12.1 Å². The summed E-state index contributed by atoms with van der Waals surface area (Å²) < 4.78 is 14.1. The molecule has 2 aromatic rings. The van der Waals surface area contributed by atoms with Crippen LogP contribution in [0, 0.1) is 0 Å². The van der Waals surface area contributed by atoms with Crippen molar-refractivity contribution in [1.82, 2.24) is 9.78 Å². The standard InChI is InChI=1S/C14H19BN2O2/c1-13(2)14(3,4)19-15(18-13)11-7-6-8-12-10(11)9-16-17(12)5/h6-9H,1-5H3. The molecule has 0 spiro atoms. The predicted octanol–water partition coefficient (Wildman–Crippen LogP) is 1.87. The van der Waals surface area contributed by atoms with Crippen LogP contribution in [0.2, 0.25) is 0 Å². The van der Waals surface area contributed by atoms with Crippen molar-refractivity contribution in [1.29, 1.82) is 0 Å². The Morgan fingerprint density at radius 3 is 2.37 bits per heavy atom. The third kappa shape index (κ3) is 1.80. The Balaban J connectivity index is 2.07. The maximum absolute atomic E-state index is 6.11. The van der Waals surface area contributed by atoms with Gasteiger partial charge in [0.15, 0.2) is 0 Å². The summed E-state index contributed by atoms with van der Waals surface area (Å²) in [5.74, 6) is 0. The highest BCUT2D eigenvalue weighted by atomic mass is 16.7. The molecule has 0 bridgehead atoms. The Hall–Kier alpha value is -1.33. The fraction of sp³-hybridized carbons (Fsp3) is 0.500. The van der Waals surface area contributed by atoms with Gasteiger partial charge in [0.1, 0.15) is 0 Å². The summed E-state index contributed by atoms with van der Waals surface area (Å²) in [4.78, 5) is 0. The lowest BCUT2D eigenvalue weighted by atomic mass is 9.77. The van der Waals surface area contributed by atoms with E-state index < -0.39 is 0 Å². The van der Waals surface area contributed by atoms with Crippen LogP contribution >= 0.6 is 0 Å². The van der Waals surface area contributed by atoms with Crippen LogP contribution < -0.4 is 5.46 Å². The van der Waals surface area contributed by atoms with Crippen LogP contribution in [0.3, 0.4) is 0 Å². The lowest BCUT2D eigenvalue weighted by molar-refractivity contribution is 0.00578. The molecule has 1 saturated heterocycles. The van der Waals surface area contributed by atoms with E-state index in [-0.39, 0.29) is 18.3 Å². The molecule has 0 radical (unpaired) electrons. The van der Waals surface area contributed by atoms with Crippen LogP contribution in [0.15, 0.2) is 24.4 Å². The minimum absolute atomic E-state index is 0.317. The largest absolute Gasteiger partial charge is 0.495 e. The van der Waals surface area contributed by atoms with Gasteiger partial charge < -0.3 is 9.31 Å². The molecule has 19 heavy (non-hydrogen) atoms. The third-order valence-electron chi connectivity index (χ3n) is 4.33. The quantitative estimate of drug-likeness (QED) is 0.733. The molecule has 3 rings (SSSR count). The summed E-state index contributed by atoms with van der Waals surface area (Å²) >= 11 is 0. The average Bonchev–Trinajstić information content (AvgIpc) is 2.78. The Morgan fingerprint density at radius 2 is 1.74 bits per heavy atom. The van der Waals surface area contributed by atoms with E-state index in [1.807, 2.05) is 30.1 Å². The van der Waals surface area contributed by atoms with Gasteiger partial charge in [0.25, 0.3) is 0 Å². The van der Waals surface area contributed by atoms with Crippen LogP contribution in [0.1, 0.15) is 27.7 Å². The number of rotatable bonds is 1. The summed E-state index contributed by atoms with van der Waals surface area (Å²) in [5.41, 5.74) is 1.50. The third-order valence-corrected chi connectivity index (χ3v) is 4.33. The number of nitrogens with zero attached hydrogens (tertiary/aromatic N) is 2. The lowest BCUT2D eigenvalue weighted by Crippen LogP contribution is -2.41. The zero-order chi connectivity index (χ0) is 13.8. The summed E-state index contributed by atoms with van der Waals surface area (Å²) in [6.07, 6.45) is 1.87. The number of aryl methyl sites for hydroxylation is 1. The van der Waals surface area contributed by atoms with Gasteiger partial charge in [-0.05, 0) is 39.2 Å². The predicted molar refractivity (Wildman–Crippen MR) is 76.4 cm³/mol. The van der Waals surface area contributed by atoms with Gasteiger partial charge in [-0.25, -0.2) is 0 Å². The molecule has 1 aliphatic rings. The Kier molecular flexibility index (Phi) is 2.56. The zero-order valence-corrected chi connectivity index (χ0v) is 12.1. The van der Waals surface area contributed by atoms with E-state index in [9.17, 15) is 0 Å². The first-order valence-corrected chi connectivity index (χ1v) is 6.58. The SMILES string of the molecule is Cn1ncc2c(B3OC(C)(C)C(C)(C)O3)cccc21. The normalized spacial score (nSPS) is 21.2. The molecule has 5 heteroatoms. The second-order valence-corrected chi connectivity index (χ2v) is 6.14. The van der Waals surface area contributed by atoms with Gasteiger partial charge in [0, 0.05) is 12.4 Å².